The van der Waals surface area contributed by atoms with E-state index < -0.39 is 0 Å². The van der Waals surface area contributed by atoms with Crippen molar-refractivity contribution >= 4 is 11.8 Å². The first-order valence-corrected chi connectivity index (χ1v) is 8.42. The molecule has 1 saturated carbocycles. The number of furan rings is 1. The Bertz CT molecular complexity index is 477. The second kappa shape index (κ2) is 6.69. The number of aryl methyl sites for hydroxylation is 1. The van der Waals surface area contributed by atoms with Gasteiger partial charge in [-0.1, -0.05) is 6.42 Å². The molecule has 0 spiro atoms. The highest BCUT2D eigenvalue weighted by Crippen LogP contribution is 2.39. The van der Waals surface area contributed by atoms with Crippen LogP contribution in [0, 0.1) is 24.2 Å². The van der Waals surface area contributed by atoms with Crippen molar-refractivity contribution in [3.05, 3.63) is 18.1 Å². The van der Waals surface area contributed by atoms with E-state index in [1.54, 1.807) is 6.26 Å². The lowest BCUT2D eigenvalue weighted by atomic mass is 9.86. The average Bonchev–Trinajstić information content (AvgIpc) is 2.97. The first-order valence-electron chi connectivity index (χ1n) is 7.43. The Kier molecular flexibility index (Phi) is 5.17. The van der Waals surface area contributed by atoms with Crippen molar-refractivity contribution in [1.82, 2.24) is 5.32 Å². The van der Waals surface area contributed by atoms with Crippen LogP contribution in [0.25, 0.3) is 0 Å². The minimum absolute atomic E-state index is 0.305. The van der Waals surface area contributed by atoms with E-state index in [4.69, 9.17) is 4.42 Å². The molecule has 0 bridgehead atoms. The molecule has 0 radical (unpaired) electrons. The maximum Gasteiger partial charge on any atom is 0.114 e. The molecule has 1 aliphatic rings. The summed E-state index contributed by atoms with van der Waals surface area (Å²) < 4.78 is 5.32. The van der Waals surface area contributed by atoms with Crippen LogP contribution in [-0.2, 0) is 0 Å². The number of nitrogens with zero attached hydrogens (tertiary/aromatic N) is 1. The largest absolute Gasteiger partial charge is 0.468 e. The maximum atomic E-state index is 9.63. The van der Waals surface area contributed by atoms with E-state index in [9.17, 15) is 5.26 Å². The predicted molar refractivity (Wildman–Crippen MR) is 82.7 cm³/mol. The number of nitrogens with one attached hydrogen (secondary N) is 1. The van der Waals surface area contributed by atoms with Crippen LogP contribution in [0.3, 0.4) is 0 Å². The lowest BCUT2D eigenvalue weighted by Gasteiger charge is -2.32. The summed E-state index contributed by atoms with van der Waals surface area (Å²) in [7, 11) is 0. The van der Waals surface area contributed by atoms with E-state index in [-0.39, 0.29) is 5.54 Å². The van der Waals surface area contributed by atoms with Gasteiger partial charge < -0.3 is 4.42 Å². The molecule has 1 fully saturated rings. The Balaban J connectivity index is 1.91. The minimum atomic E-state index is -0.305. The Hall–Kier alpha value is -0.920. The van der Waals surface area contributed by atoms with E-state index in [1.165, 1.54) is 4.90 Å². The fourth-order valence-electron chi connectivity index (χ4n) is 3.19. The van der Waals surface area contributed by atoms with E-state index in [0.717, 1.165) is 37.2 Å². The third-order valence-electron chi connectivity index (χ3n) is 4.10. The van der Waals surface area contributed by atoms with Gasteiger partial charge in [-0.05, 0) is 57.8 Å². The van der Waals surface area contributed by atoms with E-state index in [0.29, 0.717) is 12.0 Å². The van der Waals surface area contributed by atoms with Crippen LogP contribution in [0.15, 0.2) is 21.6 Å². The highest BCUT2D eigenvalue weighted by Gasteiger charge is 2.42. The van der Waals surface area contributed by atoms with E-state index in [2.05, 4.69) is 25.2 Å². The highest BCUT2D eigenvalue weighted by molar-refractivity contribution is 7.99. The molecule has 1 aromatic rings. The van der Waals surface area contributed by atoms with Gasteiger partial charge >= 0.3 is 0 Å². The smallest absolute Gasteiger partial charge is 0.114 e. The van der Waals surface area contributed by atoms with Crippen LogP contribution in [0.1, 0.15) is 45.3 Å². The Morgan fingerprint density at radius 3 is 3.00 bits per heavy atom. The summed E-state index contributed by atoms with van der Waals surface area (Å²) in [5.74, 6) is 2.51. The quantitative estimate of drug-likeness (QED) is 0.801. The normalized spacial score (nSPS) is 26.1. The van der Waals surface area contributed by atoms with Gasteiger partial charge in [0, 0.05) is 10.9 Å². The molecule has 1 aliphatic carbocycles. The topological polar surface area (TPSA) is 49.0 Å². The molecular formula is C16H24N2OS. The second-order valence-corrected chi connectivity index (χ2v) is 7.09. The predicted octanol–water partition coefficient (Wildman–Crippen LogP) is 4.13. The molecule has 0 aliphatic heterocycles. The molecule has 0 aromatic carbocycles. The first kappa shape index (κ1) is 15.5. The number of hydrogen-bond acceptors (Lipinski definition) is 4. The zero-order chi connectivity index (χ0) is 14.6. The zero-order valence-electron chi connectivity index (χ0n) is 12.6. The standard InChI is InChI=1S/C16H24N2OS/c1-12(2)18-16(11-17)8-4-5-14(16)7-10-20-15-6-9-19-13(15)3/h6,9,12,14,18H,4-5,7-8,10H2,1-3H3. The van der Waals surface area contributed by atoms with Crippen molar-refractivity contribution in [3.63, 3.8) is 0 Å². The monoisotopic (exact) mass is 292 g/mol. The summed E-state index contributed by atoms with van der Waals surface area (Å²) in [6.07, 6.45) is 6.14. The van der Waals surface area contributed by atoms with Crippen molar-refractivity contribution < 1.29 is 4.42 Å². The Morgan fingerprint density at radius 2 is 2.40 bits per heavy atom. The molecule has 1 aromatic heterocycles. The van der Waals surface area contributed by atoms with Gasteiger partial charge in [-0.2, -0.15) is 5.26 Å². The van der Waals surface area contributed by atoms with Crippen LogP contribution < -0.4 is 5.32 Å². The summed E-state index contributed by atoms with van der Waals surface area (Å²) in [6.45, 7) is 6.24. The zero-order valence-corrected chi connectivity index (χ0v) is 13.4. The fraction of sp³-hybridized carbons (Fsp3) is 0.688. The Labute approximate surface area is 126 Å². The second-order valence-electron chi connectivity index (χ2n) is 5.95. The molecule has 110 valence electrons. The van der Waals surface area contributed by atoms with E-state index >= 15 is 0 Å². The van der Waals surface area contributed by atoms with Gasteiger partial charge in [-0.3, -0.25) is 5.32 Å². The molecule has 1 heterocycles. The number of nitriles is 1. The number of hydrogen-bond donors (Lipinski definition) is 1. The molecule has 3 nitrogen and oxygen atoms in total. The van der Waals surface area contributed by atoms with Gasteiger partial charge in [0.25, 0.3) is 0 Å². The summed E-state index contributed by atoms with van der Waals surface area (Å²) in [6, 6.07) is 4.96. The summed E-state index contributed by atoms with van der Waals surface area (Å²) in [5, 5.41) is 13.2. The van der Waals surface area contributed by atoms with Crippen molar-refractivity contribution in [2.75, 3.05) is 5.75 Å². The van der Waals surface area contributed by atoms with Crippen LogP contribution in [0.4, 0.5) is 0 Å². The van der Waals surface area contributed by atoms with Crippen molar-refractivity contribution in [2.45, 2.75) is 62.9 Å². The molecule has 2 atom stereocenters. The molecule has 0 amide bonds. The number of thioether (sulfide) groups is 1. The average molecular weight is 292 g/mol. The molecular weight excluding hydrogens is 268 g/mol. The SMILES string of the molecule is Cc1occc1SCCC1CCCC1(C#N)NC(C)C. The maximum absolute atomic E-state index is 9.63. The number of rotatable bonds is 6. The molecule has 2 unspecified atom stereocenters. The lowest BCUT2D eigenvalue weighted by Crippen LogP contribution is -2.50. The summed E-state index contributed by atoms with van der Waals surface area (Å²) in [4.78, 5) is 1.22. The van der Waals surface area contributed by atoms with Gasteiger partial charge in [-0.25, -0.2) is 0 Å². The molecule has 4 heteroatoms. The molecule has 1 N–H and O–H groups in total. The molecule has 0 saturated heterocycles. The van der Waals surface area contributed by atoms with Crippen LogP contribution >= 0.6 is 11.8 Å². The van der Waals surface area contributed by atoms with Gasteiger partial charge in [0.1, 0.15) is 11.3 Å². The van der Waals surface area contributed by atoms with Crippen LogP contribution in [0.5, 0.6) is 0 Å². The summed E-state index contributed by atoms with van der Waals surface area (Å²) >= 11 is 1.84. The summed E-state index contributed by atoms with van der Waals surface area (Å²) in [5.41, 5.74) is -0.305. The molecule has 20 heavy (non-hydrogen) atoms. The van der Waals surface area contributed by atoms with Crippen molar-refractivity contribution in [2.24, 2.45) is 5.92 Å². The van der Waals surface area contributed by atoms with Gasteiger partial charge in [0.15, 0.2) is 0 Å². The van der Waals surface area contributed by atoms with Crippen LogP contribution in [0.2, 0.25) is 0 Å². The van der Waals surface area contributed by atoms with Crippen molar-refractivity contribution in [3.8, 4) is 6.07 Å². The molecule has 2 rings (SSSR count). The van der Waals surface area contributed by atoms with Gasteiger partial charge in [0.05, 0.1) is 12.3 Å². The Morgan fingerprint density at radius 1 is 1.60 bits per heavy atom. The third-order valence-corrected chi connectivity index (χ3v) is 5.28. The lowest BCUT2D eigenvalue weighted by molar-refractivity contribution is 0.289. The minimum Gasteiger partial charge on any atom is -0.468 e. The van der Waals surface area contributed by atoms with Crippen molar-refractivity contribution in [1.29, 1.82) is 5.26 Å². The van der Waals surface area contributed by atoms with E-state index in [1.807, 2.05) is 24.8 Å². The van der Waals surface area contributed by atoms with Crippen LogP contribution in [-0.4, -0.2) is 17.3 Å². The van der Waals surface area contributed by atoms with Gasteiger partial charge in [-0.15, -0.1) is 11.8 Å². The third kappa shape index (κ3) is 3.39. The van der Waals surface area contributed by atoms with Gasteiger partial charge in [0.2, 0.25) is 0 Å². The fourth-order valence-corrected chi connectivity index (χ4v) is 4.21. The highest BCUT2D eigenvalue weighted by atomic mass is 32.2. The first-order chi connectivity index (χ1) is 9.57.